The van der Waals surface area contributed by atoms with E-state index in [4.69, 9.17) is 5.73 Å². The summed E-state index contributed by atoms with van der Waals surface area (Å²) < 4.78 is 37.9. The molecule has 0 bridgehead atoms. The van der Waals surface area contributed by atoms with Crippen molar-refractivity contribution in [3.8, 4) is 0 Å². The fraction of sp³-hybridized carbons (Fsp3) is 0.500. The van der Waals surface area contributed by atoms with Crippen LogP contribution in [0.3, 0.4) is 0 Å². The highest BCUT2D eigenvalue weighted by Gasteiger charge is 2.39. The van der Waals surface area contributed by atoms with Gasteiger partial charge >= 0.3 is 6.18 Å². The van der Waals surface area contributed by atoms with Crippen molar-refractivity contribution in [2.24, 2.45) is 12.8 Å². The molecule has 0 saturated heterocycles. The number of alkyl halides is 3. The third-order valence-corrected chi connectivity index (χ3v) is 1.94. The molecule has 0 aromatic carbocycles. The highest BCUT2D eigenvalue weighted by Crippen LogP contribution is 2.30. The largest absolute Gasteiger partial charge is 0.409 e. The van der Waals surface area contributed by atoms with Crippen LogP contribution in [0.1, 0.15) is 11.7 Å². The molecule has 1 rings (SSSR count). The monoisotopic (exact) mass is 257 g/mol. The molecule has 0 aliphatic rings. The van der Waals surface area contributed by atoms with Gasteiger partial charge in [0.25, 0.3) is 0 Å². The van der Waals surface area contributed by atoms with Gasteiger partial charge in [-0.3, -0.25) is 4.68 Å². The summed E-state index contributed by atoms with van der Waals surface area (Å²) in [5.41, 5.74) is 4.91. The van der Waals surface area contributed by atoms with Crippen molar-refractivity contribution in [3.63, 3.8) is 0 Å². The van der Waals surface area contributed by atoms with E-state index in [0.717, 1.165) is 4.68 Å². The van der Waals surface area contributed by atoms with Crippen LogP contribution in [0.15, 0.2) is 10.7 Å². The smallest absolute Gasteiger partial charge is 0.315 e. The Bertz CT molecular complexity index is 307. The Hall–Kier alpha value is -0.560. The van der Waals surface area contributed by atoms with Gasteiger partial charge in [-0.2, -0.15) is 18.3 Å². The van der Waals surface area contributed by atoms with Crippen molar-refractivity contribution in [3.05, 3.63) is 16.4 Å². The van der Waals surface area contributed by atoms with E-state index < -0.39 is 12.2 Å². The van der Waals surface area contributed by atoms with Crippen LogP contribution in [0.25, 0.3) is 0 Å². The second-order valence-electron chi connectivity index (χ2n) is 2.53. The molecule has 1 aromatic heterocycles. The maximum atomic E-state index is 12.1. The summed E-state index contributed by atoms with van der Waals surface area (Å²) in [5.74, 6) is 0. The molecular weight excluding hydrogens is 251 g/mol. The number of aromatic nitrogens is 2. The zero-order chi connectivity index (χ0) is 10.2. The third-order valence-electron chi connectivity index (χ3n) is 1.56. The molecule has 0 spiro atoms. The molecule has 3 nitrogen and oxygen atoms in total. The van der Waals surface area contributed by atoms with E-state index in [0.29, 0.717) is 4.60 Å². The maximum absolute atomic E-state index is 12.1. The summed E-state index contributed by atoms with van der Waals surface area (Å²) in [5, 5.41) is 3.70. The van der Waals surface area contributed by atoms with Crippen molar-refractivity contribution in [2.45, 2.75) is 12.2 Å². The van der Waals surface area contributed by atoms with Crippen molar-refractivity contribution in [2.75, 3.05) is 0 Å². The maximum Gasteiger partial charge on any atom is 0.409 e. The van der Waals surface area contributed by atoms with Crippen molar-refractivity contribution < 1.29 is 13.2 Å². The van der Waals surface area contributed by atoms with Gasteiger partial charge in [0.1, 0.15) is 10.6 Å². The first-order valence-electron chi connectivity index (χ1n) is 3.34. The van der Waals surface area contributed by atoms with Crippen LogP contribution in [-0.2, 0) is 7.05 Å². The van der Waals surface area contributed by atoms with Crippen LogP contribution in [0, 0.1) is 0 Å². The predicted molar refractivity (Wildman–Crippen MR) is 43.9 cm³/mol. The average Bonchev–Trinajstić information content (AvgIpc) is 2.26. The normalized spacial score (nSPS) is 14.6. The van der Waals surface area contributed by atoms with E-state index in [-0.39, 0.29) is 5.69 Å². The number of aryl methyl sites for hydroxylation is 1. The molecule has 0 radical (unpaired) electrons. The van der Waals surface area contributed by atoms with Gasteiger partial charge in [0.2, 0.25) is 0 Å². The van der Waals surface area contributed by atoms with Crippen LogP contribution >= 0.6 is 15.9 Å². The van der Waals surface area contributed by atoms with Gasteiger partial charge in [-0.1, -0.05) is 0 Å². The minimum absolute atomic E-state index is 0.0700. The Kier molecular flexibility index (Phi) is 2.67. The summed E-state index contributed by atoms with van der Waals surface area (Å²) in [7, 11) is 1.41. The van der Waals surface area contributed by atoms with Gasteiger partial charge in [-0.25, -0.2) is 0 Å². The molecule has 7 heteroatoms. The number of halogens is 4. The molecule has 0 aliphatic heterocycles. The van der Waals surface area contributed by atoms with E-state index in [1.54, 1.807) is 0 Å². The zero-order valence-electron chi connectivity index (χ0n) is 6.64. The predicted octanol–water partition coefficient (Wildman–Crippen LogP) is 1.74. The van der Waals surface area contributed by atoms with Gasteiger partial charge in [-0.15, -0.1) is 0 Å². The van der Waals surface area contributed by atoms with Crippen LogP contribution < -0.4 is 5.73 Å². The number of nitrogens with zero attached hydrogens (tertiary/aromatic N) is 2. The highest BCUT2D eigenvalue weighted by molar-refractivity contribution is 9.10. The van der Waals surface area contributed by atoms with E-state index in [9.17, 15) is 13.2 Å². The summed E-state index contributed by atoms with van der Waals surface area (Å²) >= 11 is 2.96. The molecule has 0 amide bonds. The Balaban J connectivity index is 3.01. The highest BCUT2D eigenvalue weighted by atomic mass is 79.9. The molecule has 13 heavy (non-hydrogen) atoms. The molecule has 0 saturated carbocycles. The lowest BCUT2D eigenvalue weighted by molar-refractivity contribution is -0.150. The lowest BCUT2D eigenvalue weighted by Gasteiger charge is -2.15. The van der Waals surface area contributed by atoms with Gasteiger partial charge in [-0.05, 0) is 22.0 Å². The molecule has 1 atom stereocenters. The number of rotatable bonds is 1. The number of hydrogen-bond acceptors (Lipinski definition) is 2. The Morgan fingerprint density at radius 2 is 2.15 bits per heavy atom. The van der Waals surface area contributed by atoms with E-state index in [2.05, 4.69) is 21.0 Å². The molecule has 2 N–H and O–H groups in total. The van der Waals surface area contributed by atoms with Gasteiger partial charge in [0.05, 0.1) is 5.69 Å². The van der Waals surface area contributed by atoms with E-state index >= 15 is 0 Å². The average molecular weight is 258 g/mol. The quantitative estimate of drug-likeness (QED) is 0.833. The molecular formula is C6H7BrF3N3. The lowest BCUT2D eigenvalue weighted by Crippen LogP contribution is -2.30. The number of nitrogens with two attached hydrogens (primary N) is 1. The summed E-state index contributed by atoms with van der Waals surface area (Å²) in [6.45, 7) is 0. The third kappa shape index (κ3) is 2.22. The van der Waals surface area contributed by atoms with Gasteiger partial charge in [0, 0.05) is 7.05 Å². The zero-order valence-corrected chi connectivity index (χ0v) is 8.22. The van der Waals surface area contributed by atoms with Crippen LogP contribution in [0.5, 0.6) is 0 Å². The number of hydrogen-bond donors (Lipinski definition) is 1. The molecule has 0 fully saturated rings. The first-order valence-corrected chi connectivity index (χ1v) is 4.13. The summed E-state index contributed by atoms with van der Waals surface area (Å²) in [4.78, 5) is 0. The van der Waals surface area contributed by atoms with Crippen molar-refractivity contribution >= 4 is 15.9 Å². The van der Waals surface area contributed by atoms with Gasteiger partial charge < -0.3 is 5.73 Å². The van der Waals surface area contributed by atoms with E-state index in [1.807, 2.05) is 0 Å². The minimum atomic E-state index is -4.44. The van der Waals surface area contributed by atoms with Gasteiger partial charge in [0.15, 0.2) is 0 Å². The summed E-state index contributed by atoms with van der Waals surface area (Å²) in [6.07, 6.45) is -4.44. The second kappa shape index (κ2) is 3.30. The fourth-order valence-corrected chi connectivity index (χ4v) is 1.38. The van der Waals surface area contributed by atoms with Crippen molar-refractivity contribution in [1.29, 1.82) is 0 Å². The Morgan fingerprint density at radius 1 is 1.62 bits per heavy atom. The molecule has 1 unspecified atom stereocenters. The van der Waals surface area contributed by atoms with Crippen molar-refractivity contribution in [1.82, 2.24) is 9.78 Å². The van der Waals surface area contributed by atoms with Crippen LogP contribution in [0.2, 0.25) is 0 Å². The molecule has 74 valence electrons. The van der Waals surface area contributed by atoms with E-state index in [1.165, 1.54) is 13.1 Å². The second-order valence-corrected chi connectivity index (χ2v) is 3.35. The molecule has 1 heterocycles. The Labute approximate surface area is 80.8 Å². The lowest BCUT2D eigenvalue weighted by atomic mass is 10.2. The standard InChI is InChI=1S/C6H7BrF3N3/c1-13-3(2-4(7)12-13)5(11)6(8,9)10/h2,5H,11H2,1H3. The SMILES string of the molecule is Cn1nc(Br)cc1C(N)C(F)(F)F. The molecule has 1 aromatic rings. The Morgan fingerprint density at radius 3 is 2.46 bits per heavy atom. The fourth-order valence-electron chi connectivity index (χ4n) is 0.904. The first-order chi connectivity index (χ1) is 5.82. The molecule has 0 aliphatic carbocycles. The van der Waals surface area contributed by atoms with Crippen LogP contribution in [-0.4, -0.2) is 16.0 Å². The minimum Gasteiger partial charge on any atom is -0.315 e. The first kappa shape index (κ1) is 10.5. The summed E-state index contributed by atoms with van der Waals surface area (Å²) in [6, 6.07) is -0.741. The van der Waals surface area contributed by atoms with Crippen LogP contribution in [0.4, 0.5) is 13.2 Å². The topological polar surface area (TPSA) is 43.8 Å².